The number of rotatable bonds is 11. The lowest BCUT2D eigenvalue weighted by Crippen LogP contribution is -2.29. The Hall–Kier alpha value is -3.44. The van der Waals surface area contributed by atoms with Crippen molar-refractivity contribution in [2.24, 2.45) is 0 Å². The first-order valence-corrected chi connectivity index (χ1v) is 18.3. The van der Waals surface area contributed by atoms with Gasteiger partial charge in [-0.05, 0) is 87.3 Å². The average Bonchev–Trinajstić information content (AvgIpc) is 3.12. The molecule has 4 aromatic carbocycles. The van der Waals surface area contributed by atoms with Crippen molar-refractivity contribution in [1.29, 1.82) is 0 Å². The SMILES string of the molecule is FC(F)(F)c1cc(CN2CCCCC2)ccc1OCc1cccc(-c2cccc(COc3ccc(CN4CCCCC4)cc3C(F)(F)F)c2Cl)c1Cl. The first-order valence-electron chi connectivity index (χ1n) is 17.5. The van der Waals surface area contributed by atoms with Gasteiger partial charge in [-0.1, -0.05) is 84.6 Å². The Labute approximate surface area is 310 Å². The number of piperidine rings is 2. The molecular weight excluding hydrogens is 725 g/mol. The van der Waals surface area contributed by atoms with Crippen molar-refractivity contribution in [3.63, 3.8) is 0 Å². The molecule has 0 aromatic heterocycles. The molecular formula is C40H40Cl2F6N2O2. The van der Waals surface area contributed by atoms with E-state index in [4.69, 9.17) is 32.7 Å². The number of alkyl halides is 6. The average molecular weight is 766 g/mol. The van der Waals surface area contributed by atoms with Crippen molar-refractivity contribution in [3.8, 4) is 22.6 Å². The molecule has 12 heteroatoms. The molecule has 6 rings (SSSR count). The van der Waals surface area contributed by atoms with Gasteiger partial charge < -0.3 is 9.47 Å². The Kier molecular flexibility index (Phi) is 12.3. The van der Waals surface area contributed by atoms with Gasteiger partial charge >= 0.3 is 12.4 Å². The van der Waals surface area contributed by atoms with E-state index in [0.717, 1.165) is 76.8 Å². The summed E-state index contributed by atoms with van der Waals surface area (Å²) in [6, 6.07) is 18.4. The maximum absolute atomic E-state index is 14.1. The number of nitrogens with zero attached hydrogens (tertiary/aromatic N) is 2. The van der Waals surface area contributed by atoms with Gasteiger partial charge in [0, 0.05) is 35.3 Å². The molecule has 2 saturated heterocycles. The largest absolute Gasteiger partial charge is 0.488 e. The molecule has 0 atom stereocenters. The van der Waals surface area contributed by atoms with E-state index in [1.165, 1.54) is 12.1 Å². The van der Waals surface area contributed by atoms with Crippen LogP contribution in [0.2, 0.25) is 10.0 Å². The summed E-state index contributed by atoms with van der Waals surface area (Å²) in [5.41, 5.74) is 1.27. The molecule has 278 valence electrons. The lowest BCUT2D eigenvalue weighted by Gasteiger charge is -2.27. The number of hydrogen-bond acceptors (Lipinski definition) is 4. The summed E-state index contributed by atoms with van der Waals surface area (Å²) in [5, 5.41) is 0.447. The normalized spacial score (nSPS) is 16.2. The van der Waals surface area contributed by atoms with Gasteiger partial charge in [-0.15, -0.1) is 0 Å². The van der Waals surface area contributed by atoms with Gasteiger partial charge in [0.1, 0.15) is 24.7 Å². The Morgan fingerprint density at radius 3 is 1.27 bits per heavy atom. The highest BCUT2D eigenvalue weighted by Gasteiger charge is 2.36. The van der Waals surface area contributed by atoms with E-state index < -0.39 is 23.5 Å². The molecule has 0 aliphatic carbocycles. The molecule has 0 radical (unpaired) electrons. The van der Waals surface area contributed by atoms with Crippen LogP contribution in [0.15, 0.2) is 72.8 Å². The van der Waals surface area contributed by atoms with Crippen LogP contribution in [-0.2, 0) is 38.7 Å². The Balaban J connectivity index is 1.17. The van der Waals surface area contributed by atoms with Crippen LogP contribution in [0.1, 0.15) is 71.9 Å². The summed E-state index contributed by atoms with van der Waals surface area (Å²) in [6.07, 6.45) is -2.84. The zero-order valence-corrected chi connectivity index (χ0v) is 30.1. The third-order valence-electron chi connectivity index (χ3n) is 9.62. The van der Waals surface area contributed by atoms with E-state index in [-0.39, 0.29) is 34.8 Å². The number of likely N-dealkylation sites (tertiary alicyclic amines) is 2. The van der Waals surface area contributed by atoms with Crippen LogP contribution in [0.3, 0.4) is 0 Å². The number of benzene rings is 4. The highest BCUT2D eigenvalue weighted by molar-refractivity contribution is 6.37. The van der Waals surface area contributed by atoms with Crippen LogP contribution in [0, 0.1) is 0 Å². The third kappa shape index (κ3) is 9.56. The Morgan fingerprint density at radius 1 is 0.519 bits per heavy atom. The van der Waals surface area contributed by atoms with Gasteiger partial charge in [0.15, 0.2) is 0 Å². The fraction of sp³-hybridized carbons (Fsp3) is 0.400. The van der Waals surface area contributed by atoms with Gasteiger partial charge in [-0.2, -0.15) is 26.3 Å². The molecule has 0 saturated carbocycles. The Morgan fingerprint density at radius 2 is 0.904 bits per heavy atom. The number of ether oxygens (including phenoxy) is 2. The van der Waals surface area contributed by atoms with E-state index in [2.05, 4.69) is 9.80 Å². The van der Waals surface area contributed by atoms with E-state index in [9.17, 15) is 26.3 Å². The molecule has 0 spiro atoms. The molecule has 52 heavy (non-hydrogen) atoms. The minimum absolute atomic E-state index is 0.224. The molecule has 2 fully saturated rings. The van der Waals surface area contributed by atoms with Gasteiger partial charge in [0.25, 0.3) is 0 Å². The smallest absolute Gasteiger partial charge is 0.419 e. The lowest BCUT2D eigenvalue weighted by molar-refractivity contribution is -0.140. The van der Waals surface area contributed by atoms with Crippen LogP contribution >= 0.6 is 23.2 Å². The predicted molar refractivity (Wildman–Crippen MR) is 192 cm³/mol. The zero-order chi connectivity index (χ0) is 36.9. The number of hydrogen-bond donors (Lipinski definition) is 0. The summed E-state index contributed by atoms with van der Waals surface area (Å²) in [4.78, 5) is 4.32. The summed E-state index contributed by atoms with van der Waals surface area (Å²) in [7, 11) is 0. The highest BCUT2D eigenvalue weighted by atomic mass is 35.5. The second-order valence-electron chi connectivity index (χ2n) is 13.5. The number of halogens is 8. The summed E-state index contributed by atoms with van der Waals surface area (Å²) in [6.45, 7) is 3.85. The van der Waals surface area contributed by atoms with Crippen LogP contribution in [0.5, 0.6) is 11.5 Å². The van der Waals surface area contributed by atoms with Crippen molar-refractivity contribution >= 4 is 23.2 Å². The molecule has 2 aliphatic rings. The minimum atomic E-state index is -4.62. The van der Waals surface area contributed by atoms with Crippen LogP contribution in [0.25, 0.3) is 11.1 Å². The monoisotopic (exact) mass is 764 g/mol. The van der Waals surface area contributed by atoms with E-state index in [0.29, 0.717) is 46.5 Å². The molecule has 2 heterocycles. The van der Waals surface area contributed by atoms with Crippen LogP contribution < -0.4 is 9.47 Å². The van der Waals surface area contributed by atoms with E-state index in [1.807, 2.05) is 0 Å². The van der Waals surface area contributed by atoms with E-state index >= 15 is 0 Å². The van der Waals surface area contributed by atoms with Crippen molar-refractivity contribution < 1.29 is 35.8 Å². The molecule has 4 nitrogen and oxygen atoms in total. The predicted octanol–water partition coefficient (Wildman–Crippen LogP) is 11.8. The van der Waals surface area contributed by atoms with Crippen molar-refractivity contribution in [2.75, 3.05) is 26.2 Å². The van der Waals surface area contributed by atoms with Gasteiger partial charge in [-0.3, -0.25) is 9.80 Å². The topological polar surface area (TPSA) is 24.9 Å². The summed E-state index contributed by atoms with van der Waals surface area (Å²) >= 11 is 13.6. The van der Waals surface area contributed by atoms with Crippen molar-refractivity contribution in [1.82, 2.24) is 9.80 Å². The van der Waals surface area contributed by atoms with Crippen LogP contribution in [0.4, 0.5) is 26.3 Å². The zero-order valence-electron chi connectivity index (χ0n) is 28.6. The first kappa shape index (κ1) is 38.3. The van der Waals surface area contributed by atoms with Crippen LogP contribution in [-0.4, -0.2) is 36.0 Å². The second kappa shape index (κ2) is 16.7. The summed E-state index contributed by atoms with van der Waals surface area (Å²) < 4.78 is 96.3. The maximum Gasteiger partial charge on any atom is 0.419 e. The Bertz CT molecular complexity index is 1700. The second-order valence-corrected chi connectivity index (χ2v) is 14.2. The van der Waals surface area contributed by atoms with Crippen molar-refractivity contribution in [3.05, 3.63) is 116 Å². The quantitative estimate of drug-likeness (QED) is 0.142. The van der Waals surface area contributed by atoms with Gasteiger partial charge in [-0.25, -0.2) is 0 Å². The highest BCUT2D eigenvalue weighted by Crippen LogP contribution is 2.41. The van der Waals surface area contributed by atoms with Gasteiger partial charge in [0.05, 0.1) is 21.2 Å². The standard InChI is InChI=1S/C40H40Cl2F6N2O2/c41-37-29(25-51-35-15-13-27(21-33(35)39(43,44)45)23-49-17-3-1-4-18-49)9-7-11-31(37)32-12-8-10-30(38(32)42)26-52-36-16-14-28(22-34(36)40(46,47)48)24-50-19-5-2-6-20-50/h7-16,21-22H,1-6,17-20,23-26H2. The fourth-order valence-electron chi connectivity index (χ4n) is 6.91. The molecule has 4 aromatic rings. The fourth-order valence-corrected chi connectivity index (χ4v) is 7.47. The minimum Gasteiger partial charge on any atom is -0.488 e. The molecule has 0 unspecified atom stereocenters. The molecule has 0 bridgehead atoms. The van der Waals surface area contributed by atoms with E-state index in [1.54, 1.807) is 48.5 Å². The first-order chi connectivity index (χ1) is 24.9. The molecule has 2 aliphatic heterocycles. The van der Waals surface area contributed by atoms with Crippen molar-refractivity contribution in [2.45, 2.75) is 77.2 Å². The molecule has 0 N–H and O–H groups in total. The third-order valence-corrected chi connectivity index (χ3v) is 10.5. The maximum atomic E-state index is 14.1. The summed E-state index contributed by atoms with van der Waals surface area (Å²) in [5.74, 6) is -0.599. The van der Waals surface area contributed by atoms with Gasteiger partial charge in [0.2, 0.25) is 0 Å². The lowest BCUT2D eigenvalue weighted by atomic mass is 10.0. The molecule has 0 amide bonds.